The summed E-state index contributed by atoms with van der Waals surface area (Å²) in [7, 11) is 0. The molecule has 0 spiro atoms. The van der Waals surface area contributed by atoms with Gasteiger partial charge in [0.15, 0.2) is 0 Å². The third-order valence-electron chi connectivity index (χ3n) is 3.20. The van der Waals surface area contributed by atoms with Crippen LogP contribution in [0.5, 0.6) is 0 Å². The Morgan fingerprint density at radius 1 is 1.25 bits per heavy atom. The van der Waals surface area contributed by atoms with Crippen molar-refractivity contribution in [2.45, 2.75) is 19.4 Å². The van der Waals surface area contributed by atoms with Gasteiger partial charge in [-0.05, 0) is 49.4 Å². The SMILES string of the molecule is CC(Cc1ccco1)Nc1ccc2cc(N)ccc2n1. The molecule has 1 aromatic carbocycles. The van der Waals surface area contributed by atoms with Crippen molar-refractivity contribution in [2.75, 3.05) is 11.1 Å². The molecule has 0 amide bonds. The highest BCUT2D eigenvalue weighted by Gasteiger charge is 2.07. The molecule has 2 heterocycles. The zero-order valence-corrected chi connectivity index (χ0v) is 11.3. The molecule has 3 aromatic rings. The molecule has 1 atom stereocenters. The normalized spacial score (nSPS) is 12.4. The van der Waals surface area contributed by atoms with Crippen molar-refractivity contribution in [2.24, 2.45) is 0 Å². The van der Waals surface area contributed by atoms with Gasteiger partial charge in [-0.25, -0.2) is 4.98 Å². The van der Waals surface area contributed by atoms with E-state index in [1.54, 1.807) is 6.26 Å². The molecular weight excluding hydrogens is 250 g/mol. The number of fused-ring (bicyclic) bond motifs is 1. The van der Waals surface area contributed by atoms with Crippen molar-refractivity contribution in [1.29, 1.82) is 0 Å². The number of anilines is 2. The highest BCUT2D eigenvalue weighted by atomic mass is 16.3. The maximum atomic E-state index is 5.76. The number of hydrogen-bond acceptors (Lipinski definition) is 4. The Labute approximate surface area is 117 Å². The van der Waals surface area contributed by atoms with Gasteiger partial charge < -0.3 is 15.5 Å². The molecule has 4 nitrogen and oxygen atoms in total. The molecule has 0 aliphatic rings. The minimum absolute atomic E-state index is 0.250. The first-order valence-electron chi connectivity index (χ1n) is 6.66. The Kier molecular flexibility index (Phi) is 3.29. The van der Waals surface area contributed by atoms with Crippen LogP contribution in [0.15, 0.2) is 53.1 Å². The van der Waals surface area contributed by atoms with E-state index in [2.05, 4.69) is 17.2 Å². The van der Waals surface area contributed by atoms with Crippen molar-refractivity contribution in [3.63, 3.8) is 0 Å². The fourth-order valence-electron chi connectivity index (χ4n) is 2.26. The number of pyridine rings is 1. The summed E-state index contributed by atoms with van der Waals surface area (Å²) in [4.78, 5) is 4.59. The Balaban J connectivity index is 1.75. The molecule has 3 rings (SSSR count). The van der Waals surface area contributed by atoms with Crippen LogP contribution in [-0.4, -0.2) is 11.0 Å². The molecule has 0 aliphatic carbocycles. The van der Waals surface area contributed by atoms with Gasteiger partial charge in [0.05, 0.1) is 11.8 Å². The molecule has 0 bridgehead atoms. The third-order valence-corrected chi connectivity index (χ3v) is 3.20. The number of rotatable bonds is 4. The van der Waals surface area contributed by atoms with Crippen molar-refractivity contribution >= 4 is 22.4 Å². The fraction of sp³-hybridized carbons (Fsp3) is 0.188. The number of furan rings is 1. The Morgan fingerprint density at radius 3 is 2.95 bits per heavy atom. The summed E-state index contributed by atoms with van der Waals surface area (Å²) < 4.78 is 5.35. The fourth-order valence-corrected chi connectivity index (χ4v) is 2.26. The summed E-state index contributed by atoms with van der Waals surface area (Å²) in [6.45, 7) is 2.11. The molecular formula is C16H17N3O. The lowest BCUT2D eigenvalue weighted by atomic mass is 10.2. The van der Waals surface area contributed by atoms with Crippen LogP contribution < -0.4 is 11.1 Å². The highest BCUT2D eigenvalue weighted by molar-refractivity contribution is 5.83. The molecule has 4 heteroatoms. The van der Waals surface area contributed by atoms with Gasteiger partial charge in [0.2, 0.25) is 0 Å². The van der Waals surface area contributed by atoms with Gasteiger partial charge in [0, 0.05) is 23.5 Å². The second-order valence-electron chi connectivity index (χ2n) is 4.98. The van der Waals surface area contributed by atoms with Gasteiger partial charge in [-0.2, -0.15) is 0 Å². The van der Waals surface area contributed by atoms with E-state index in [0.29, 0.717) is 0 Å². The number of nitrogen functional groups attached to an aromatic ring is 1. The van der Waals surface area contributed by atoms with Crippen molar-refractivity contribution < 1.29 is 4.42 Å². The van der Waals surface area contributed by atoms with Gasteiger partial charge >= 0.3 is 0 Å². The molecule has 0 radical (unpaired) electrons. The lowest BCUT2D eigenvalue weighted by Gasteiger charge is -2.13. The second-order valence-corrected chi connectivity index (χ2v) is 4.98. The lowest BCUT2D eigenvalue weighted by molar-refractivity contribution is 0.497. The molecule has 2 aromatic heterocycles. The summed E-state index contributed by atoms with van der Waals surface area (Å²) in [5.41, 5.74) is 7.46. The van der Waals surface area contributed by atoms with Gasteiger partial charge in [0.1, 0.15) is 11.6 Å². The average molecular weight is 267 g/mol. The topological polar surface area (TPSA) is 64.1 Å². The smallest absolute Gasteiger partial charge is 0.126 e. The predicted molar refractivity (Wildman–Crippen MR) is 81.7 cm³/mol. The molecule has 0 aliphatic heterocycles. The minimum Gasteiger partial charge on any atom is -0.469 e. The lowest BCUT2D eigenvalue weighted by Crippen LogP contribution is -2.18. The van der Waals surface area contributed by atoms with Gasteiger partial charge in [-0.1, -0.05) is 0 Å². The van der Waals surface area contributed by atoms with Gasteiger partial charge in [-0.15, -0.1) is 0 Å². The molecule has 3 N–H and O–H groups in total. The van der Waals surface area contributed by atoms with E-state index < -0.39 is 0 Å². The Bertz CT molecular complexity index is 707. The van der Waals surface area contributed by atoms with E-state index in [1.807, 2.05) is 42.5 Å². The predicted octanol–water partition coefficient (Wildman–Crippen LogP) is 3.45. The van der Waals surface area contributed by atoms with Crippen LogP contribution in [-0.2, 0) is 6.42 Å². The van der Waals surface area contributed by atoms with Crippen LogP contribution >= 0.6 is 0 Å². The van der Waals surface area contributed by atoms with E-state index in [1.165, 1.54) is 0 Å². The van der Waals surface area contributed by atoms with Gasteiger partial charge in [0.25, 0.3) is 0 Å². The largest absolute Gasteiger partial charge is 0.469 e. The summed E-state index contributed by atoms with van der Waals surface area (Å²) in [6, 6.07) is 13.9. The van der Waals surface area contributed by atoms with E-state index in [4.69, 9.17) is 10.2 Å². The highest BCUT2D eigenvalue weighted by Crippen LogP contribution is 2.18. The molecule has 20 heavy (non-hydrogen) atoms. The molecule has 0 saturated carbocycles. The molecule has 1 unspecified atom stereocenters. The summed E-state index contributed by atoms with van der Waals surface area (Å²) in [5.74, 6) is 1.83. The second kappa shape index (κ2) is 5.25. The maximum Gasteiger partial charge on any atom is 0.126 e. The maximum absolute atomic E-state index is 5.76. The average Bonchev–Trinajstić information content (AvgIpc) is 2.91. The van der Waals surface area contributed by atoms with E-state index in [0.717, 1.165) is 34.6 Å². The summed E-state index contributed by atoms with van der Waals surface area (Å²) in [5, 5.41) is 4.43. The number of nitrogens with zero attached hydrogens (tertiary/aromatic N) is 1. The van der Waals surface area contributed by atoms with E-state index in [9.17, 15) is 0 Å². The van der Waals surface area contributed by atoms with Crippen molar-refractivity contribution in [3.8, 4) is 0 Å². The van der Waals surface area contributed by atoms with Crippen LogP contribution in [0, 0.1) is 0 Å². The zero-order chi connectivity index (χ0) is 13.9. The summed E-state index contributed by atoms with van der Waals surface area (Å²) >= 11 is 0. The van der Waals surface area contributed by atoms with Gasteiger partial charge in [-0.3, -0.25) is 0 Å². The number of nitrogens with one attached hydrogen (secondary N) is 1. The Hall–Kier alpha value is -2.49. The van der Waals surface area contributed by atoms with Crippen LogP contribution in [0.25, 0.3) is 10.9 Å². The molecule has 102 valence electrons. The van der Waals surface area contributed by atoms with Crippen LogP contribution in [0.1, 0.15) is 12.7 Å². The molecule has 0 fully saturated rings. The van der Waals surface area contributed by atoms with Crippen molar-refractivity contribution in [1.82, 2.24) is 4.98 Å². The van der Waals surface area contributed by atoms with Crippen LogP contribution in [0.4, 0.5) is 11.5 Å². The standard InChI is InChI=1S/C16H17N3O/c1-11(9-14-3-2-8-20-14)18-16-7-4-12-10-13(17)5-6-15(12)19-16/h2-8,10-11H,9,17H2,1H3,(H,18,19). The monoisotopic (exact) mass is 267 g/mol. The first-order chi connectivity index (χ1) is 9.70. The quantitative estimate of drug-likeness (QED) is 0.711. The number of nitrogens with two attached hydrogens (primary N) is 1. The Morgan fingerprint density at radius 2 is 2.15 bits per heavy atom. The number of hydrogen-bond donors (Lipinski definition) is 2. The number of aromatic nitrogens is 1. The minimum atomic E-state index is 0.250. The van der Waals surface area contributed by atoms with Crippen LogP contribution in [0.2, 0.25) is 0 Å². The first-order valence-corrected chi connectivity index (χ1v) is 6.66. The zero-order valence-electron chi connectivity index (χ0n) is 11.3. The van der Waals surface area contributed by atoms with E-state index >= 15 is 0 Å². The van der Waals surface area contributed by atoms with E-state index in [-0.39, 0.29) is 6.04 Å². The first kappa shape index (κ1) is 12.5. The number of benzene rings is 1. The van der Waals surface area contributed by atoms with Crippen LogP contribution in [0.3, 0.4) is 0 Å². The van der Waals surface area contributed by atoms with Crippen molar-refractivity contribution in [3.05, 3.63) is 54.5 Å². The third kappa shape index (κ3) is 2.74. The molecule has 0 saturated heterocycles. The summed E-state index contributed by atoms with van der Waals surface area (Å²) in [6.07, 6.45) is 2.52.